The molecule has 1 atom stereocenters. The Hall–Kier alpha value is -2.49. The summed E-state index contributed by atoms with van der Waals surface area (Å²) in [5, 5.41) is 6.50. The number of likely N-dealkylation sites (N-methyl/N-ethyl adjacent to an activating group) is 1. The third kappa shape index (κ3) is 6.44. The minimum Gasteiger partial charge on any atom is -0.463 e. The van der Waals surface area contributed by atoms with Crippen molar-refractivity contribution in [3.8, 4) is 0 Å². The molecule has 36 heavy (non-hydrogen) atoms. The van der Waals surface area contributed by atoms with Gasteiger partial charge in [0.05, 0.1) is 28.3 Å². The normalized spacial score (nSPS) is 19.3. The number of ether oxygens (including phenoxy) is 1. The summed E-state index contributed by atoms with van der Waals surface area (Å²) < 4.78 is 5.42. The van der Waals surface area contributed by atoms with Gasteiger partial charge in [0.15, 0.2) is 0 Å². The third-order valence-corrected chi connectivity index (χ3v) is 6.89. The SMILES string of the molecule is CCOC(=O)C1=C(CN2CCN(C(=O)NC(C)(C)C)CC2)N(CC)C(=O)N[C@@H]1c1cccc(Cl)c1Cl. The van der Waals surface area contributed by atoms with E-state index < -0.39 is 12.0 Å². The Bertz CT molecular complexity index is 1030. The average molecular weight is 540 g/mol. The second kappa shape index (κ2) is 11.7. The second-order valence-electron chi connectivity index (χ2n) is 9.79. The lowest BCUT2D eigenvalue weighted by Crippen LogP contribution is -2.56. The van der Waals surface area contributed by atoms with Crippen molar-refractivity contribution >= 4 is 41.2 Å². The van der Waals surface area contributed by atoms with Gasteiger partial charge in [0.25, 0.3) is 0 Å². The molecule has 0 bridgehead atoms. The third-order valence-electron chi connectivity index (χ3n) is 6.06. The predicted octanol–water partition coefficient (Wildman–Crippen LogP) is 4.02. The number of carbonyl (C=O) groups is 3. The van der Waals surface area contributed by atoms with Gasteiger partial charge in [0.1, 0.15) is 0 Å². The highest BCUT2D eigenvalue weighted by molar-refractivity contribution is 6.42. The van der Waals surface area contributed by atoms with Gasteiger partial charge in [-0.1, -0.05) is 35.3 Å². The smallest absolute Gasteiger partial charge is 0.338 e. The summed E-state index contributed by atoms with van der Waals surface area (Å²) in [6.45, 7) is 12.6. The molecule has 198 valence electrons. The summed E-state index contributed by atoms with van der Waals surface area (Å²) >= 11 is 12.7. The molecule has 1 saturated heterocycles. The van der Waals surface area contributed by atoms with E-state index in [4.69, 9.17) is 27.9 Å². The van der Waals surface area contributed by atoms with Crippen LogP contribution >= 0.6 is 23.2 Å². The topological polar surface area (TPSA) is 94.2 Å². The van der Waals surface area contributed by atoms with E-state index >= 15 is 0 Å². The molecule has 2 N–H and O–H groups in total. The van der Waals surface area contributed by atoms with Crippen LogP contribution in [0.25, 0.3) is 0 Å². The number of hydrogen-bond acceptors (Lipinski definition) is 5. The summed E-state index contributed by atoms with van der Waals surface area (Å²) in [5.41, 5.74) is 1.10. The van der Waals surface area contributed by atoms with Gasteiger partial charge in [-0.2, -0.15) is 0 Å². The number of amides is 4. The lowest BCUT2D eigenvalue weighted by molar-refractivity contribution is -0.139. The van der Waals surface area contributed by atoms with Crippen LogP contribution in [0.5, 0.6) is 0 Å². The molecule has 0 spiro atoms. The van der Waals surface area contributed by atoms with Crippen molar-refractivity contribution in [3.63, 3.8) is 0 Å². The van der Waals surface area contributed by atoms with E-state index in [9.17, 15) is 14.4 Å². The van der Waals surface area contributed by atoms with Crippen LogP contribution in [0.4, 0.5) is 9.59 Å². The van der Waals surface area contributed by atoms with Crippen molar-refractivity contribution in [2.24, 2.45) is 0 Å². The molecule has 0 aromatic heterocycles. The van der Waals surface area contributed by atoms with E-state index in [0.29, 0.717) is 61.1 Å². The second-order valence-corrected chi connectivity index (χ2v) is 10.6. The van der Waals surface area contributed by atoms with Crippen LogP contribution in [0.1, 0.15) is 46.2 Å². The molecule has 1 aromatic rings. The minimum atomic E-state index is -0.806. The molecular formula is C25H35Cl2N5O4. The minimum absolute atomic E-state index is 0.100. The number of nitrogens with zero attached hydrogens (tertiary/aromatic N) is 3. The van der Waals surface area contributed by atoms with Crippen LogP contribution in [-0.2, 0) is 9.53 Å². The first-order valence-electron chi connectivity index (χ1n) is 12.2. The summed E-state index contributed by atoms with van der Waals surface area (Å²) in [7, 11) is 0. The number of carbonyl (C=O) groups excluding carboxylic acids is 3. The van der Waals surface area contributed by atoms with Crippen molar-refractivity contribution in [2.75, 3.05) is 45.9 Å². The number of rotatable bonds is 6. The van der Waals surface area contributed by atoms with Gasteiger partial charge in [0, 0.05) is 50.5 Å². The first-order chi connectivity index (χ1) is 17.0. The highest BCUT2D eigenvalue weighted by Gasteiger charge is 2.39. The summed E-state index contributed by atoms with van der Waals surface area (Å²) in [6.07, 6.45) is 0. The molecular weight excluding hydrogens is 505 g/mol. The lowest BCUT2D eigenvalue weighted by atomic mass is 9.94. The zero-order valence-electron chi connectivity index (χ0n) is 21.5. The number of esters is 1. The van der Waals surface area contributed by atoms with Crippen molar-refractivity contribution in [1.82, 2.24) is 25.3 Å². The van der Waals surface area contributed by atoms with Crippen LogP contribution in [0.3, 0.4) is 0 Å². The highest BCUT2D eigenvalue weighted by atomic mass is 35.5. The van der Waals surface area contributed by atoms with Gasteiger partial charge >= 0.3 is 18.0 Å². The molecule has 1 fully saturated rings. The number of nitrogens with one attached hydrogen (secondary N) is 2. The summed E-state index contributed by atoms with van der Waals surface area (Å²) in [4.78, 5) is 44.4. The lowest BCUT2D eigenvalue weighted by Gasteiger charge is -2.41. The van der Waals surface area contributed by atoms with Crippen molar-refractivity contribution in [3.05, 3.63) is 45.1 Å². The maximum Gasteiger partial charge on any atom is 0.338 e. The largest absolute Gasteiger partial charge is 0.463 e. The molecule has 2 aliphatic heterocycles. The van der Waals surface area contributed by atoms with Gasteiger partial charge < -0.3 is 20.3 Å². The molecule has 2 aliphatic rings. The Morgan fingerprint density at radius 2 is 1.81 bits per heavy atom. The zero-order valence-corrected chi connectivity index (χ0v) is 23.0. The molecule has 0 aliphatic carbocycles. The van der Waals surface area contributed by atoms with E-state index in [1.165, 1.54) is 0 Å². The molecule has 11 heteroatoms. The van der Waals surface area contributed by atoms with Crippen molar-refractivity contribution < 1.29 is 19.1 Å². The number of benzene rings is 1. The molecule has 0 unspecified atom stereocenters. The number of hydrogen-bond donors (Lipinski definition) is 2. The van der Waals surface area contributed by atoms with Gasteiger partial charge in [-0.05, 0) is 46.2 Å². The molecule has 0 radical (unpaired) electrons. The quantitative estimate of drug-likeness (QED) is 0.532. The Labute approximate surface area is 222 Å². The van der Waals surface area contributed by atoms with Crippen molar-refractivity contribution in [1.29, 1.82) is 0 Å². The van der Waals surface area contributed by atoms with Crippen LogP contribution in [0.15, 0.2) is 29.5 Å². The van der Waals surface area contributed by atoms with Gasteiger partial charge in [-0.25, -0.2) is 14.4 Å². The number of halogens is 2. The van der Waals surface area contributed by atoms with E-state index in [1.807, 2.05) is 27.7 Å². The van der Waals surface area contributed by atoms with E-state index in [0.717, 1.165) is 0 Å². The Morgan fingerprint density at radius 1 is 1.14 bits per heavy atom. The van der Waals surface area contributed by atoms with Crippen LogP contribution in [-0.4, -0.2) is 84.1 Å². The average Bonchev–Trinajstić information content (AvgIpc) is 2.80. The van der Waals surface area contributed by atoms with Crippen LogP contribution < -0.4 is 10.6 Å². The van der Waals surface area contributed by atoms with Gasteiger partial charge in [0.2, 0.25) is 0 Å². The van der Waals surface area contributed by atoms with E-state index in [-0.39, 0.29) is 29.2 Å². The molecule has 9 nitrogen and oxygen atoms in total. The molecule has 1 aromatic carbocycles. The Morgan fingerprint density at radius 3 is 2.39 bits per heavy atom. The van der Waals surface area contributed by atoms with Gasteiger partial charge in [-0.3, -0.25) is 9.80 Å². The zero-order chi connectivity index (χ0) is 26.6. The van der Waals surface area contributed by atoms with Crippen LogP contribution in [0, 0.1) is 0 Å². The molecule has 0 saturated carbocycles. The number of piperazine rings is 1. The first kappa shape index (κ1) is 28.1. The Balaban J connectivity index is 1.93. The first-order valence-corrected chi connectivity index (χ1v) is 12.9. The Kier molecular flexibility index (Phi) is 9.13. The molecule has 3 rings (SSSR count). The summed E-state index contributed by atoms with van der Waals surface area (Å²) in [6, 6.07) is 3.89. The maximum atomic E-state index is 13.3. The van der Waals surface area contributed by atoms with Crippen LogP contribution in [0.2, 0.25) is 10.0 Å². The highest BCUT2D eigenvalue weighted by Crippen LogP contribution is 2.37. The predicted molar refractivity (Wildman–Crippen MR) is 140 cm³/mol. The summed E-state index contributed by atoms with van der Waals surface area (Å²) in [5.74, 6) is -0.518. The standard InChI is InChI=1S/C25H35Cl2N5O4/c1-6-32-18(15-30-11-13-31(14-12-30)24(35)29-25(3,4)5)19(22(33)36-7-2)21(28-23(32)34)16-9-8-10-17(26)20(16)27/h8-10,21H,6-7,11-15H2,1-5H3,(H,28,34)(H,29,35)/t21-/m1/s1. The monoisotopic (exact) mass is 539 g/mol. The van der Waals surface area contributed by atoms with E-state index in [2.05, 4.69) is 15.5 Å². The van der Waals surface area contributed by atoms with E-state index in [1.54, 1.807) is 34.9 Å². The number of urea groups is 2. The van der Waals surface area contributed by atoms with Gasteiger partial charge in [-0.15, -0.1) is 0 Å². The molecule has 4 amide bonds. The maximum absolute atomic E-state index is 13.3. The van der Waals surface area contributed by atoms with Crippen molar-refractivity contribution in [2.45, 2.75) is 46.2 Å². The fourth-order valence-corrected chi connectivity index (χ4v) is 4.77. The fraction of sp³-hybridized carbons (Fsp3) is 0.560. The fourth-order valence-electron chi connectivity index (χ4n) is 4.36. The molecule has 2 heterocycles.